The molecule has 1 aromatic carbocycles. The van der Waals surface area contributed by atoms with Crippen molar-refractivity contribution in [2.24, 2.45) is 5.92 Å². The molecule has 4 nitrogen and oxygen atoms in total. The summed E-state index contributed by atoms with van der Waals surface area (Å²) in [4.78, 5) is 23.5. The monoisotopic (exact) mass is 270 g/mol. The van der Waals surface area contributed by atoms with E-state index in [1.54, 1.807) is 43.4 Å². The summed E-state index contributed by atoms with van der Waals surface area (Å²) in [7, 11) is 0. The number of rotatable bonds is 3. The molecule has 20 heavy (non-hydrogen) atoms. The summed E-state index contributed by atoms with van der Waals surface area (Å²) in [6.07, 6.45) is 6.55. The number of carbonyl (C=O) groups excluding carboxylic acids is 2. The lowest BCUT2D eigenvalue weighted by Gasteiger charge is -2.36. The largest absolute Gasteiger partial charge is 0.549 e. The molecule has 1 N–H and O–H groups in total. The number of carboxylic acid groups (broad SMARTS) is 1. The summed E-state index contributed by atoms with van der Waals surface area (Å²) in [5.41, 5.74) is 0.485. The summed E-state index contributed by atoms with van der Waals surface area (Å²) in [6.45, 7) is 3.56. The first-order valence-corrected chi connectivity index (χ1v) is 6.38. The van der Waals surface area contributed by atoms with E-state index >= 15 is 0 Å². The maximum atomic E-state index is 12.3. The van der Waals surface area contributed by atoms with Crippen LogP contribution in [0.5, 0.6) is 0 Å². The molecule has 2 unspecified atom stereocenters. The van der Waals surface area contributed by atoms with Gasteiger partial charge in [0.05, 0.1) is 11.5 Å². The highest BCUT2D eigenvalue weighted by Crippen LogP contribution is 2.24. The number of aliphatic carboxylic acids is 1. The Hall–Kier alpha value is -2.36. The van der Waals surface area contributed by atoms with Gasteiger partial charge >= 0.3 is 0 Å². The van der Waals surface area contributed by atoms with E-state index in [4.69, 9.17) is 0 Å². The van der Waals surface area contributed by atoms with Crippen molar-refractivity contribution in [3.05, 3.63) is 59.7 Å². The van der Waals surface area contributed by atoms with Crippen molar-refractivity contribution in [2.75, 3.05) is 0 Å². The summed E-state index contributed by atoms with van der Waals surface area (Å²) in [5.74, 6) is -2.40. The van der Waals surface area contributed by atoms with Crippen LogP contribution in [0.3, 0.4) is 0 Å². The summed E-state index contributed by atoms with van der Waals surface area (Å²) in [6, 6.07) is 7.14. The van der Waals surface area contributed by atoms with E-state index in [0.717, 1.165) is 5.56 Å². The molecule has 1 aromatic rings. The number of nitrogens with one attached hydrogen (secondary N) is 1. The van der Waals surface area contributed by atoms with Crippen molar-refractivity contribution in [3.8, 4) is 0 Å². The highest BCUT2D eigenvalue weighted by molar-refractivity contribution is 5.95. The fourth-order valence-electron chi connectivity index (χ4n) is 2.28. The van der Waals surface area contributed by atoms with E-state index in [1.165, 1.54) is 6.08 Å². The van der Waals surface area contributed by atoms with E-state index in [2.05, 4.69) is 5.32 Å². The molecule has 2 rings (SSSR count). The predicted molar refractivity (Wildman–Crippen MR) is 73.8 cm³/mol. The average Bonchev–Trinajstić information content (AvgIpc) is 2.38. The molecule has 0 fully saturated rings. The first kappa shape index (κ1) is 14.1. The molecular formula is C16H16NO3-. The van der Waals surface area contributed by atoms with E-state index in [-0.39, 0.29) is 5.91 Å². The van der Waals surface area contributed by atoms with Crippen molar-refractivity contribution >= 4 is 11.9 Å². The van der Waals surface area contributed by atoms with Crippen LogP contribution < -0.4 is 10.4 Å². The molecule has 4 heteroatoms. The van der Waals surface area contributed by atoms with E-state index in [1.807, 2.05) is 13.0 Å². The molecule has 1 aliphatic carbocycles. The van der Waals surface area contributed by atoms with Crippen molar-refractivity contribution in [3.63, 3.8) is 0 Å². The standard InChI is InChI=1S/C16H17NO3/c1-11-6-5-7-12(10-11)14(18)17-16(2)9-4-3-8-13(16)15(19)20/h3-10,13H,1-2H3,(H,17,18)(H,19,20)/p-1. The third-order valence-electron chi connectivity index (χ3n) is 3.42. The van der Waals surface area contributed by atoms with Crippen LogP contribution in [0.2, 0.25) is 0 Å². The molecule has 104 valence electrons. The zero-order chi connectivity index (χ0) is 14.8. The number of aryl methyl sites for hydroxylation is 1. The van der Waals surface area contributed by atoms with Crippen LogP contribution in [0.15, 0.2) is 48.6 Å². The quantitative estimate of drug-likeness (QED) is 0.890. The van der Waals surface area contributed by atoms with Gasteiger partial charge in [-0.15, -0.1) is 0 Å². The molecule has 2 atom stereocenters. The molecule has 0 aliphatic heterocycles. The number of amides is 1. The smallest absolute Gasteiger partial charge is 0.251 e. The second-order valence-corrected chi connectivity index (χ2v) is 5.15. The van der Waals surface area contributed by atoms with E-state index < -0.39 is 17.4 Å². The van der Waals surface area contributed by atoms with Gasteiger partial charge in [0, 0.05) is 11.5 Å². The SMILES string of the molecule is Cc1cccc(C(=O)NC2(C)C=CC=CC2C(=O)[O-])c1. The number of benzene rings is 1. The van der Waals surface area contributed by atoms with Gasteiger partial charge in [0.15, 0.2) is 0 Å². The van der Waals surface area contributed by atoms with Crippen molar-refractivity contribution < 1.29 is 14.7 Å². The van der Waals surface area contributed by atoms with Gasteiger partial charge in [-0.25, -0.2) is 0 Å². The van der Waals surface area contributed by atoms with Crippen LogP contribution in [-0.2, 0) is 4.79 Å². The Balaban J connectivity index is 2.23. The Morgan fingerprint density at radius 1 is 1.30 bits per heavy atom. The molecule has 1 aliphatic rings. The fraction of sp³-hybridized carbons (Fsp3) is 0.250. The molecule has 1 amide bonds. The number of carbonyl (C=O) groups is 2. The molecular weight excluding hydrogens is 254 g/mol. The Labute approximate surface area is 117 Å². The summed E-state index contributed by atoms with van der Waals surface area (Å²) in [5, 5.41) is 14.0. The van der Waals surface area contributed by atoms with Crippen LogP contribution in [-0.4, -0.2) is 17.4 Å². The summed E-state index contributed by atoms with van der Waals surface area (Å²) >= 11 is 0. The molecule has 0 radical (unpaired) electrons. The van der Waals surface area contributed by atoms with Crippen molar-refractivity contribution in [1.82, 2.24) is 5.32 Å². The van der Waals surface area contributed by atoms with Crippen molar-refractivity contribution in [1.29, 1.82) is 0 Å². The van der Waals surface area contributed by atoms with E-state index in [9.17, 15) is 14.7 Å². The summed E-state index contributed by atoms with van der Waals surface area (Å²) < 4.78 is 0. The lowest BCUT2D eigenvalue weighted by Crippen LogP contribution is -2.55. The van der Waals surface area contributed by atoms with Gasteiger partial charge in [0.1, 0.15) is 0 Å². The van der Waals surface area contributed by atoms with Gasteiger partial charge in [-0.3, -0.25) is 4.79 Å². The van der Waals surface area contributed by atoms with Gasteiger partial charge in [0.25, 0.3) is 5.91 Å². The van der Waals surface area contributed by atoms with Crippen LogP contribution >= 0.6 is 0 Å². The average molecular weight is 270 g/mol. The second-order valence-electron chi connectivity index (χ2n) is 5.15. The molecule has 0 aromatic heterocycles. The Morgan fingerprint density at radius 3 is 2.70 bits per heavy atom. The molecule has 0 spiro atoms. The van der Waals surface area contributed by atoms with Crippen LogP contribution in [0.25, 0.3) is 0 Å². The van der Waals surface area contributed by atoms with E-state index in [0.29, 0.717) is 5.56 Å². The Bertz CT molecular complexity index is 603. The molecule has 0 bridgehead atoms. The first-order valence-electron chi connectivity index (χ1n) is 6.38. The van der Waals surface area contributed by atoms with Crippen molar-refractivity contribution in [2.45, 2.75) is 19.4 Å². The van der Waals surface area contributed by atoms with Gasteiger partial charge in [-0.05, 0) is 26.0 Å². The zero-order valence-corrected chi connectivity index (χ0v) is 11.4. The molecule has 0 heterocycles. The number of carboxylic acids is 1. The maximum Gasteiger partial charge on any atom is 0.251 e. The minimum Gasteiger partial charge on any atom is -0.549 e. The third kappa shape index (κ3) is 2.79. The Morgan fingerprint density at radius 2 is 2.05 bits per heavy atom. The highest BCUT2D eigenvalue weighted by Gasteiger charge is 2.34. The zero-order valence-electron chi connectivity index (χ0n) is 11.4. The van der Waals surface area contributed by atoms with Gasteiger partial charge in [0.2, 0.25) is 0 Å². The van der Waals surface area contributed by atoms with Crippen LogP contribution in [0.1, 0.15) is 22.8 Å². The number of hydrogen-bond acceptors (Lipinski definition) is 3. The van der Waals surface area contributed by atoms with Crippen LogP contribution in [0.4, 0.5) is 0 Å². The molecule has 0 saturated carbocycles. The van der Waals surface area contributed by atoms with Gasteiger partial charge < -0.3 is 15.2 Å². The number of allylic oxidation sites excluding steroid dienone is 2. The van der Waals surface area contributed by atoms with Gasteiger partial charge in [-0.1, -0.05) is 42.0 Å². The minimum absolute atomic E-state index is 0.303. The third-order valence-corrected chi connectivity index (χ3v) is 3.42. The predicted octanol–water partition coefficient (Wildman–Crippen LogP) is 0.976. The second kappa shape index (κ2) is 5.33. The number of hydrogen-bond donors (Lipinski definition) is 1. The lowest BCUT2D eigenvalue weighted by molar-refractivity contribution is -0.311. The maximum absolute atomic E-state index is 12.3. The minimum atomic E-state index is -1.21. The highest BCUT2D eigenvalue weighted by atomic mass is 16.4. The topological polar surface area (TPSA) is 69.2 Å². The normalized spacial score (nSPS) is 24.4. The van der Waals surface area contributed by atoms with Crippen LogP contribution in [0, 0.1) is 12.8 Å². The van der Waals surface area contributed by atoms with Gasteiger partial charge in [-0.2, -0.15) is 0 Å². The lowest BCUT2D eigenvalue weighted by atomic mass is 9.82. The first-order chi connectivity index (χ1) is 9.42. The Kier molecular flexibility index (Phi) is 3.74. The molecule has 0 saturated heterocycles. The fourth-order valence-corrected chi connectivity index (χ4v) is 2.28.